The molecule has 2 heterocycles. The van der Waals surface area contributed by atoms with E-state index >= 15 is 0 Å². The minimum absolute atomic E-state index is 0.659. The molecule has 138 valence electrons. The number of ether oxygens (including phenoxy) is 1. The topological polar surface area (TPSA) is 70.7 Å². The monoisotopic (exact) mass is 380 g/mol. The second-order valence-corrected chi connectivity index (χ2v) is 6.97. The number of tetrazole rings is 1. The predicted molar refractivity (Wildman–Crippen MR) is 105 cm³/mol. The van der Waals surface area contributed by atoms with E-state index in [2.05, 4.69) is 33.1 Å². The molecule has 0 amide bonds. The highest BCUT2D eigenvalue weighted by Gasteiger charge is 2.15. The second kappa shape index (κ2) is 7.79. The Morgan fingerprint density at radius 2 is 1.89 bits per heavy atom. The fraction of sp³-hybridized carbons (Fsp3) is 0.263. The molecule has 4 rings (SSSR count). The van der Waals surface area contributed by atoms with E-state index in [0.717, 1.165) is 46.4 Å². The molecule has 0 saturated heterocycles. The maximum Gasteiger partial charge on any atom is 0.174 e. The molecule has 7 nitrogen and oxygen atoms in total. The second-order valence-electron chi connectivity index (χ2n) is 6.02. The predicted octanol–water partition coefficient (Wildman–Crippen LogP) is 3.72. The van der Waals surface area contributed by atoms with Crippen LogP contribution in [0.5, 0.6) is 5.75 Å². The number of aromatic nitrogens is 6. The molecular formula is C19H20N6OS. The highest BCUT2D eigenvalue weighted by atomic mass is 32.2. The van der Waals surface area contributed by atoms with Gasteiger partial charge in [0.15, 0.2) is 11.0 Å². The van der Waals surface area contributed by atoms with Gasteiger partial charge in [0.2, 0.25) is 0 Å². The van der Waals surface area contributed by atoms with Crippen molar-refractivity contribution in [2.45, 2.75) is 30.8 Å². The molecule has 8 heteroatoms. The van der Waals surface area contributed by atoms with Crippen LogP contribution in [-0.2, 0) is 12.3 Å². The molecule has 0 fully saturated rings. The largest absolute Gasteiger partial charge is 0.497 e. The highest BCUT2D eigenvalue weighted by molar-refractivity contribution is 7.98. The third-order valence-corrected chi connectivity index (χ3v) is 5.17. The summed E-state index contributed by atoms with van der Waals surface area (Å²) in [5.41, 5.74) is 3.07. The van der Waals surface area contributed by atoms with E-state index in [4.69, 9.17) is 9.72 Å². The van der Waals surface area contributed by atoms with Gasteiger partial charge in [-0.15, -0.1) is 5.10 Å². The smallest absolute Gasteiger partial charge is 0.174 e. The summed E-state index contributed by atoms with van der Waals surface area (Å²) in [7, 11) is 1.67. The van der Waals surface area contributed by atoms with Crippen LogP contribution in [0, 0.1) is 0 Å². The van der Waals surface area contributed by atoms with E-state index in [-0.39, 0.29) is 0 Å². The molecule has 0 aliphatic carbocycles. The minimum Gasteiger partial charge on any atom is -0.497 e. The Balaban J connectivity index is 1.70. The van der Waals surface area contributed by atoms with Crippen LogP contribution in [0.25, 0.3) is 16.7 Å². The molecule has 0 N–H and O–H groups in total. The maximum atomic E-state index is 5.28. The fourth-order valence-electron chi connectivity index (χ4n) is 2.92. The van der Waals surface area contributed by atoms with E-state index < -0.39 is 0 Å². The number of rotatable bonds is 7. The fourth-order valence-corrected chi connectivity index (χ4v) is 3.88. The van der Waals surface area contributed by atoms with Crippen molar-refractivity contribution in [3.63, 3.8) is 0 Å². The van der Waals surface area contributed by atoms with Crippen LogP contribution in [0.3, 0.4) is 0 Å². The zero-order chi connectivity index (χ0) is 18.6. The number of methoxy groups -OCH3 is 1. The van der Waals surface area contributed by atoms with E-state index in [9.17, 15) is 0 Å². The average Bonchev–Trinajstić information content (AvgIpc) is 3.30. The van der Waals surface area contributed by atoms with E-state index in [1.54, 1.807) is 18.9 Å². The molecule has 0 aliphatic rings. The van der Waals surface area contributed by atoms with Crippen molar-refractivity contribution in [3.05, 3.63) is 54.4 Å². The number of hydrogen-bond donors (Lipinski definition) is 0. The molecule has 4 aromatic rings. The lowest BCUT2D eigenvalue weighted by Crippen LogP contribution is -2.05. The molecule has 0 saturated carbocycles. The lowest BCUT2D eigenvalue weighted by molar-refractivity contribution is 0.414. The molecule has 2 aromatic carbocycles. The first-order chi connectivity index (χ1) is 13.3. The highest BCUT2D eigenvalue weighted by Crippen LogP contribution is 2.30. The summed E-state index contributed by atoms with van der Waals surface area (Å²) in [4.78, 5) is 4.82. The Kier molecular flexibility index (Phi) is 5.06. The lowest BCUT2D eigenvalue weighted by atomic mass is 10.2. The summed E-state index contributed by atoms with van der Waals surface area (Å²) in [5, 5.41) is 12.9. The Labute approximate surface area is 161 Å². The first-order valence-corrected chi connectivity index (χ1v) is 9.78. The van der Waals surface area contributed by atoms with Crippen LogP contribution in [0.15, 0.2) is 53.7 Å². The first-order valence-electron chi connectivity index (χ1n) is 8.80. The van der Waals surface area contributed by atoms with E-state index in [0.29, 0.717) is 5.75 Å². The molecule has 0 radical (unpaired) electrons. The van der Waals surface area contributed by atoms with Gasteiger partial charge >= 0.3 is 0 Å². The Bertz CT molecular complexity index is 1040. The van der Waals surface area contributed by atoms with Crippen molar-refractivity contribution in [2.24, 2.45) is 0 Å². The van der Waals surface area contributed by atoms with Crippen molar-refractivity contribution in [1.29, 1.82) is 0 Å². The molecule has 0 atom stereocenters. The number of aryl methyl sites for hydroxylation is 1. The van der Waals surface area contributed by atoms with E-state index in [1.165, 1.54) is 0 Å². The summed E-state index contributed by atoms with van der Waals surface area (Å²) in [6.07, 6.45) is 0.993. The van der Waals surface area contributed by atoms with E-state index in [1.807, 2.05) is 47.1 Å². The maximum absolute atomic E-state index is 5.28. The van der Waals surface area contributed by atoms with Crippen LogP contribution in [0.4, 0.5) is 0 Å². The minimum atomic E-state index is 0.659. The standard InChI is InChI=1S/C19H20N6OS/c1-3-12-24-18(21-22-23-24)13-27-19-20-16-6-4-5-7-17(16)25(19)14-8-10-15(26-2)11-9-14/h4-11H,3,12-13H2,1-2H3. The number of para-hydroxylation sites is 2. The van der Waals surface area contributed by atoms with Gasteiger partial charge in [-0.1, -0.05) is 30.8 Å². The molecular weight excluding hydrogens is 360 g/mol. The van der Waals surface area contributed by atoms with Gasteiger partial charge in [-0.2, -0.15) is 0 Å². The Hall–Kier alpha value is -2.87. The van der Waals surface area contributed by atoms with Crippen LogP contribution in [-0.4, -0.2) is 36.9 Å². The quantitative estimate of drug-likeness (QED) is 0.455. The Morgan fingerprint density at radius 1 is 1.07 bits per heavy atom. The van der Waals surface area contributed by atoms with Gasteiger partial charge in [0.05, 0.1) is 23.9 Å². The number of nitrogens with zero attached hydrogens (tertiary/aromatic N) is 6. The number of fused-ring (bicyclic) bond motifs is 1. The van der Waals surface area contributed by atoms with Crippen molar-refractivity contribution in [2.75, 3.05) is 7.11 Å². The van der Waals surface area contributed by atoms with Gasteiger partial charge in [-0.3, -0.25) is 4.57 Å². The number of imidazole rings is 1. The normalized spacial score (nSPS) is 11.2. The SMILES string of the molecule is CCCn1nnnc1CSc1nc2ccccc2n1-c1ccc(OC)cc1. The summed E-state index contributed by atoms with van der Waals surface area (Å²) in [6, 6.07) is 16.1. The number of benzene rings is 2. The number of hydrogen-bond acceptors (Lipinski definition) is 6. The first kappa shape index (κ1) is 17.5. The van der Waals surface area contributed by atoms with Crippen molar-refractivity contribution in [3.8, 4) is 11.4 Å². The van der Waals surface area contributed by atoms with Gasteiger partial charge in [-0.25, -0.2) is 9.67 Å². The van der Waals surface area contributed by atoms with Gasteiger partial charge in [0, 0.05) is 12.2 Å². The zero-order valence-corrected chi connectivity index (χ0v) is 16.1. The molecule has 0 spiro atoms. The van der Waals surface area contributed by atoms with Crippen molar-refractivity contribution < 1.29 is 4.74 Å². The summed E-state index contributed by atoms with van der Waals surface area (Å²) >= 11 is 1.63. The number of thioether (sulfide) groups is 1. The summed E-state index contributed by atoms with van der Waals surface area (Å²) in [5.74, 6) is 2.35. The third kappa shape index (κ3) is 3.52. The van der Waals surface area contributed by atoms with Crippen molar-refractivity contribution >= 4 is 22.8 Å². The van der Waals surface area contributed by atoms with Crippen LogP contribution >= 0.6 is 11.8 Å². The lowest BCUT2D eigenvalue weighted by Gasteiger charge is -2.10. The third-order valence-electron chi connectivity index (χ3n) is 4.23. The van der Waals surface area contributed by atoms with Crippen LogP contribution < -0.4 is 4.74 Å². The molecule has 0 bridgehead atoms. The van der Waals surface area contributed by atoms with Crippen LogP contribution in [0.2, 0.25) is 0 Å². The molecule has 27 heavy (non-hydrogen) atoms. The van der Waals surface area contributed by atoms with Gasteiger partial charge in [0.1, 0.15) is 5.75 Å². The molecule has 2 aromatic heterocycles. The summed E-state index contributed by atoms with van der Waals surface area (Å²) < 4.78 is 9.30. The zero-order valence-electron chi connectivity index (χ0n) is 15.2. The summed E-state index contributed by atoms with van der Waals surface area (Å²) in [6.45, 7) is 2.93. The van der Waals surface area contributed by atoms with Crippen molar-refractivity contribution in [1.82, 2.24) is 29.8 Å². The van der Waals surface area contributed by atoms with Gasteiger partial charge < -0.3 is 4.74 Å². The molecule has 0 aliphatic heterocycles. The van der Waals surface area contributed by atoms with Gasteiger partial charge in [0.25, 0.3) is 0 Å². The average molecular weight is 380 g/mol. The Morgan fingerprint density at radius 3 is 2.67 bits per heavy atom. The van der Waals surface area contributed by atoms with Gasteiger partial charge in [-0.05, 0) is 53.2 Å². The molecule has 0 unspecified atom stereocenters. The van der Waals surface area contributed by atoms with Crippen LogP contribution in [0.1, 0.15) is 19.2 Å².